The van der Waals surface area contributed by atoms with Crippen molar-refractivity contribution in [3.05, 3.63) is 39.5 Å². The standard InChI is InChI=1S/C10H7Br2N3S/c11-6-3-1-2-4-7(6)16-10-8(12)9(13)14-5-15-10/h1-5H,(H2,13,14,15). The smallest absolute Gasteiger partial charge is 0.142 e. The molecule has 3 nitrogen and oxygen atoms in total. The van der Waals surface area contributed by atoms with E-state index in [-0.39, 0.29) is 0 Å². The van der Waals surface area contributed by atoms with Crippen molar-refractivity contribution < 1.29 is 0 Å². The first-order chi connectivity index (χ1) is 7.68. The third-order valence-electron chi connectivity index (χ3n) is 1.83. The lowest BCUT2D eigenvalue weighted by Crippen LogP contribution is -1.94. The normalized spacial score (nSPS) is 10.4. The van der Waals surface area contributed by atoms with Gasteiger partial charge in [-0.05, 0) is 44.0 Å². The summed E-state index contributed by atoms with van der Waals surface area (Å²) < 4.78 is 1.76. The third-order valence-corrected chi connectivity index (χ3v) is 4.90. The Bertz CT molecular complexity index is 519. The van der Waals surface area contributed by atoms with Crippen LogP contribution in [0, 0.1) is 0 Å². The zero-order valence-electron chi connectivity index (χ0n) is 8.02. The number of rotatable bonds is 2. The van der Waals surface area contributed by atoms with Crippen LogP contribution in [0.25, 0.3) is 0 Å². The Morgan fingerprint density at radius 2 is 1.88 bits per heavy atom. The molecule has 0 fully saturated rings. The average Bonchev–Trinajstić information content (AvgIpc) is 2.28. The number of nitrogens with zero attached hydrogens (tertiary/aromatic N) is 2. The molecule has 0 aliphatic carbocycles. The summed E-state index contributed by atoms with van der Waals surface area (Å²) in [6, 6.07) is 7.95. The Morgan fingerprint density at radius 1 is 1.12 bits per heavy atom. The van der Waals surface area contributed by atoms with Gasteiger partial charge in [-0.25, -0.2) is 9.97 Å². The predicted molar refractivity (Wildman–Crippen MR) is 72.4 cm³/mol. The lowest BCUT2D eigenvalue weighted by atomic mass is 10.4. The molecule has 1 aromatic carbocycles. The minimum atomic E-state index is 0.449. The van der Waals surface area contributed by atoms with Crippen molar-refractivity contribution in [3.63, 3.8) is 0 Å². The predicted octanol–water partition coefficient (Wildman–Crippen LogP) is 3.74. The SMILES string of the molecule is Nc1ncnc(Sc2ccccc2Br)c1Br. The molecule has 1 aromatic heterocycles. The molecule has 16 heavy (non-hydrogen) atoms. The van der Waals surface area contributed by atoms with E-state index in [2.05, 4.69) is 41.8 Å². The molecule has 0 amide bonds. The highest BCUT2D eigenvalue weighted by Gasteiger charge is 2.09. The molecule has 0 unspecified atom stereocenters. The molecule has 2 aromatic rings. The molecular formula is C10H7Br2N3S. The summed E-state index contributed by atoms with van der Waals surface area (Å²) in [4.78, 5) is 9.16. The van der Waals surface area contributed by atoms with Gasteiger partial charge in [0.1, 0.15) is 17.2 Å². The second-order valence-corrected chi connectivity index (χ2v) is 5.59. The van der Waals surface area contributed by atoms with Gasteiger partial charge in [-0.15, -0.1) is 0 Å². The van der Waals surface area contributed by atoms with Gasteiger partial charge in [-0.2, -0.15) is 0 Å². The molecular weight excluding hydrogens is 354 g/mol. The quantitative estimate of drug-likeness (QED) is 0.829. The lowest BCUT2D eigenvalue weighted by Gasteiger charge is -2.05. The van der Waals surface area contributed by atoms with Crippen LogP contribution >= 0.6 is 43.6 Å². The van der Waals surface area contributed by atoms with Crippen molar-refractivity contribution in [2.75, 3.05) is 5.73 Å². The number of benzene rings is 1. The van der Waals surface area contributed by atoms with E-state index in [1.807, 2.05) is 24.3 Å². The Labute approximate surface area is 114 Å². The fourth-order valence-electron chi connectivity index (χ4n) is 1.07. The summed E-state index contributed by atoms with van der Waals surface area (Å²) in [6.07, 6.45) is 1.46. The van der Waals surface area contributed by atoms with Crippen molar-refractivity contribution in [2.45, 2.75) is 9.92 Å². The first-order valence-electron chi connectivity index (χ1n) is 4.37. The van der Waals surface area contributed by atoms with Gasteiger partial charge in [-0.1, -0.05) is 23.9 Å². The van der Waals surface area contributed by atoms with Gasteiger partial charge in [0.05, 0.1) is 4.47 Å². The van der Waals surface area contributed by atoms with E-state index in [1.165, 1.54) is 18.1 Å². The highest BCUT2D eigenvalue weighted by Crippen LogP contribution is 2.36. The number of hydrogen-bond acceptors (Lipinski definition) is 4. The van der Waals surface area contributed by atoms with Crippen LogP contribution in [0.2, 0.25) is 0 Å². The summed E-state index contributed by atoms with van der Waals surface area (Å²) >= 11 is 8.39. The van der Waals surface area contributed by atoms with Crippen LogP contribution in [-0.2, 0) is 0 Å². The molecule has 0 aliphatic heterocycles. The van der Waals surface area contributed by atoms with Crippen LogP contribution in [0.4, 0.5) is 5.82 Å². The van der Waals surface area contributed by atoms with E-state index in [9.17, 15) is 0 Å². The van der Waals surface area contributed by atoms with E-state index in [1.54, 1.807) is 0 Å². The fourth-order valence-corrected chi connectivity index (χ4v) is 2.86. The molecule has 0 spiro atoms. The molecule has 0 atom stereocenters. The number of nitrogens with two attached hydrogens (primary N) is 1. The van der Waals surface area contributed by atoms with Crippen molar-refractivity contribution in [3.8, 4) is 0 Å². The van der Waals surface area contributed by atoms with Crippen molar-refractivity contribution >= 4 is 49.4 Å². The van der Waals surface area contributed by atoms with Crippen LogP contribution in [0.15, 0.2) is 49.5 Å². The van der Waals surface area contributed by atoms with Crippen LogP contribution < -0.4 is 5.73 Å². The van der Waals surface area contributed by atoms with E-state index in [0.29, 0.717) is 5.82 Å². The van der Waals surface area contributed by atoms with Crippen molar-refractivity contribution in [2.24, 2.45) is 0 Å². The molecule has 0 aliphatic rings. The van der Waals surface area contributed by atoms with Crippen LogP contribution in [0.3, 0.4) is 0 Å². The molecule has 2 rings (SSSR count). The molecule has 0 bridgehead atoms. The lowest BCUT2D eigenvalue weighted by molar-refractivity contribution is 1.03. The van der Waals surface area contributed by atoms with Gasteiger partial charge in [0.25, 0.3) is 0 Å². The van der Waals surface area contributed by atoms with Gasteiger partial charge in [0.15, 0.2) is 0 Å². The fraction of sp³-hybridized carbons (Fsp3) is 0. The topological polar surface area (TPSA) is 51.8 Å². The molecule has 6 heteroatoms. The minimum absolute atomic E-state index is 0.449. The zero-order valence-corrected chi connectivity index (χ0v) is 12.0. The monoisotopic (exact) mass is 359 g/mol. The average molecular weight is 361 g/mol. The first kappa shape index (κ1) is 11.9. The van der Waals surface area contributed by atoms with Gasteiger partial charge < -0.3 is 5.73 Å². The van der Waals surface area contributed by atoms with Gasteiger partial charge in [-0.3, -0.25) is 0 Å². The first-order valence-corrected chi connectivity index (χ1v) is 6.77. The summed E-state index contributed by atoms with van der Waals surface area (Å²) in [7, 11) is 0. The summed E-state index contributed by atoms with van der Waals surface area (Å²) in [6.45, 7) is 0. The van der Waals surface area contributed by atoms with Crippen LogP contribution in [-0.4, -0.2) is 9.97 Å². The molecule has 1 heterocycles. The number of halogens is 2. The van der Waals surface area contributed by atoms with Gasteiger partial charge >= 0.3 is 0 Å². The number of anilines is 1. The highest BCUT2D eigenvalue weighted by atomic mass is 79.9. The van der Waals surface area contributed by atoms with E-state index < -0.39 is 0 Å². The highest BCUT2D eigenvalue weighted by molar-refractivity contribution is 9.11. The van der Waals surface area contributed by atoms with E-state index in [0.717, 1.165) is 18.9 Å². The maximum Gasteiger partial charge on any atom is 0.142 e. The van der Waals surface area contributed by atoms with Gasteiger partial charge in [0, 0.05) is 9.37 Å². The third kappa shape index (κ3) is 2.56. The Kier molecular flexibility index (Phi) is 3.83. The summed E-state index contributed by atoms with van der Waals surface area (Å²) in [5.74, 6) is 0.449. The second kappa shape index (κ2) is 5.16. The van der Waals surface area contributed by atoms with Crippen LogP contribution in [0.5, 0.6) is 0 Å². The van der Waals surface area contributed by atoms with E-state index in [4.69, 9.17) is 5.73 Å². The molecule has 0 saturated carbocycles. The largest absolute Gasteiger partial charge is 0.383 e. The Morgan fingerprint density at radius 3 is 2.62 bits per heavy atom. The maximum atomic E-state index is 5.69. The molecule has 82 valence electrons. The Balaban J connectivity index is 2.35. The van der Waals surface area contributed by atoms with Crippen LogP contribution in [0.1, 0.15) is 0 Å². The van der Waals surface area contributed by atoms with Crippen molar-refractivity contribution in [1.82, 2.24) is 9.97 Å². The molecule has 2 N–H and O–H groups in total. The maximum absolute atomic E-state index is 5.69. The molecule has 0 radical (unpaired) electrons. The molecule has 0 saturated heterocycles. The number of hydrogen-bond donors (Lipinski definition) is 1. The summed E-state index contributed by atoms with van der Waals surface area (Å²) in [5, 5.41) is 0.805. The Hall–Kier alpha value is -0.590. The van der Waals surface area contributed by atoms with E-state index >= 15 is 0 Å². The van der Waals surface area contributed by atoms with Crippen molar-refractivity contribution in [1.29, 1.82) is 0 Å². The van der Waals surface area contributed by atoms with Gasteiger partial charge in [0.2, 0.25) is 0 Å². The number of nitrogen functional groups attached to an aromatic ring is 1. The zero-order chi connectivity index (χ0) is 11.5. The number of aromatic nitrogens is 2. The second-order valence-electron chi connectivity index (χ2n) is 2.91. The summed E-state index contributed by atoms with van der Waals surface area (Å²) in [5.41, 5.74) is 5.69. The minimum Gasteiger partial charge on any atom is -0.383 e.